The molecule has 27 heavy (non-hydrogen) atoms. The summed E-state index contributed by atoms with van der Waals surface area (Å²) >= 11 is 0. The van der Waals surface area contributed by atoms with Gasteiger partial charge >= 0.3 is 0 Å². The van der Waals surface area contributed by atoms with Crippen molar-refractivity contribution >= 4 is 11.4 Å². The summed E-state index contributed by atoms with van der Waals surface area (Å²) in [5.74, 6) is 2.32. The molecule has 140 valence electrons. The molecule has 2 aromatic carbocycles. The van der Waals surface area contributed by atoms with E-state index in [1.54, 1.807) is 13.4 Å². The van der Waals surface area contributed by atoms with Gasteiger partial charge in [0.2, 0.25) is 0 Å². The number of hydrogen-bond donors (Lipinski definition) is 0. The van der Waals surface area contributed by atoms with Gasteiger partial charge in [-0.2, -0.15) is 0 Å². The van der Waals surface area contributed by atoms with Crippen LogP contribution in [0.25, 0.3) is 11.4 Å². The predicted octanol–water partition coefficient (Wildman–Crippen LogP) is 4.86. The number of benzene rings is 2. The SMILES string of the molecule is COc1ccc(N(C)c2c(C)c(C)c(-c3ncnc(C)n3)c(C)c2C)cc1. The van der Waals surface area contributed by atoms with Crippen LogP contribution in [0.1, 0.15) is 28.1 Å². The molecular formula is C22H26N4O. The van der Waals surface area contributed by atoms with Crippen LogP contribution in [-0.4, -0.2) is 29.1 Å². The van der Waals surface area contributed by atoms with Crippen LogP contribution in [-0.2, 0) is 0 Å². The highest BCUT2D eigenvalue weighted by Crippen LogP contribution is 2.39. The molecule has 3 aromatic rings. The van der Waals surface area contributed by atoms with Crippen LogP contribution in [0.15, 0.2) is 30.6 Å². The van der Waals surface area contributed by atoms with Crippen molar-refractivity contribution in [3.05, 3.63) is 58.7 Å². The van der Waals surface area contributed by atoms with Gasteiger partial charge in [-0.3, -0.25) is 0 Å². The molecule has 0 radical (unpaired) electrons. The zero-order valence-corrected chi connectivity index (χ0v) is 17.1. The number of nitrogens with zero attached hydrogens (tertiary/aromatic N) is 4. The predicted molar refractivity (Wildman–Crippen MR) is 110 cm³/mol. The van der Waals surface area contributed by atoms with E-state index in [4.69, 9.17) is 4.74 Å². The fourth-order valence-electron chi connectivity index (χ4n) is 3.56. The van der Waals surface area contributed by atoms with E-state index >= 15 is 0 Å². The molecule has 1 heterocycles. The molecular weight excluding hydrogens is 336 g/mol. The molecule has 0 bridgehead atoms. The lowest BCUT2D eigenvalue weighted by Gasteiger charge is -2.28. The second-order valence-corrected chi connectivity index (χ2v) is 6.84. The van der Waals surface area contributed by atoms with Crippen molar-refractivity contribution in [1.29, 1.82) is 0 Å². The fourth-order valence-corrected chi connectivity index (χ4v) is 3.56. The number of methoxy groups -OCH3 is 1. The van der Waals surface area contributed by atoms with E-state index in [0.717, 1.165) is 28.6 Å². The molecule has 0 aliphatic rings. The topological polar surface area (TPSA) is 51.1 Å². The van der Waals surface area contributed by atoms with Crippen LogP contribution in [0.5, 0.6) is 5.75 Å². The van der Waals surface area contributed by atoms with Gasteiger partial charge in [0.1, 0.15) is 17.9 Å². The summed E-state index contributed by atoms with van der Waals surface area (Å²) in [5.41, 5.74) is 8.27. The number of ether oxygens (including phenoxy) is 1. The Morgan fingerprint density at radius 3 is 1.93 bits per heavy atom. The third-order valence-corrected chi connectivity index (χ3v) is 5.30. The maximum Gasteiger partial charge on any atom is 0.163 e. The van der Waals surface area contributed by atoms with E-state index in [1.807, 2.05) is 19.1 Å². The number of anilines is 2. The Kier molecular flexibility index (Phi) is 5.13. The van der Waals surface area contributed by atoms with E-state index in [9.17, 15) is 0 Å². The lowest BCUT2D eigenvalue weighted by Crippen LogP contribution is -2.15. The van der Waals surface area contributed by atoms with Gasteiger partial charge in [0, 0.05) is 24.0 Å². The molecule has 0 atom stereocenters. The van der Waals surface area contributed by atoms with Crippen molar-refractivity contribution in [3.8, 4) is 17.1 Å². The van der Waals surface area contributed by atoms with Crippen molar-refractivity contribution in [2.24, 2.45) is 0 Å². The monoisotopic (exact) mass is 362 g/mol. The molecule has 0 saturated carbocycles. The molecule has 0 unspecified atom stereocenters. The van der Waals surface area contributed by atoms with E-state index < -0.39 is 0 Å². The highest BCUT2D eigenvalue weighted by atomic mass is 16.5. The first kappa shape index (κ1) is 18.8. The lowest BCUT2D eigenvalue weighted by molar-refractivity contribution is 0.415. The molecule has 1 aromatic heterocycles. The molecule has 0 N–H and O–H groups in total. The number of rotatable bonds is 4. The van der Waals surface area contributed by atoms with Crippen molar-refractivity contribution in [3.63, 3.8) is 0 Å². The summed E-state index contributed by atoms with van der Waals surface area (Å²) < 4.78 is 5.28. The first-order valence-electron chi connectivity index (χ1n) is 8.99. The van der Waals surface area contributed by atoms with Crippen LogP contribution < -0.4 is 9.64 Å². The quantitative estimate of drug-likeness (QED) is 0.663. The van der Waals surface area contributed by atoms with E-state index in [0.29, 0.717) is 0 Å². The summed E-state index contributed by atoms with van der Waals surface area (Å²) in [6.45, 7) is 10.5. The molecule has 0 amide bonds. The normalized spacial score (nSPS) is 10.8. The van der Waals surface area contributed by atoms with Gasteiger partial charge in [-0.25, -0.2) is 15.0 Å². The average Bonchev–Trinajstić information content (AvgIpc) is 2.67. The third-order valence-electron chi connectivity index (χ3n) is 5.30. The Morgan fingerprint density at radius 2 is 1.41 bits per heavy atom. The van der Waals surface area contributed by atoms with Gasteiger partial charge in [0.25, 0.3) is 0 Å². The smallest absolute Gasteiger partial charge is 0.163 e. The summed E-state index contributed by atoms with van der Waals surface area (Å²) in [7, 11) is 3.78. The van der Waals surface area contributed by atoms with Gasteiger partial charge in [-0.1, -0.05) is 0 Å². The zero-order valence-electron chi connectivity index (χ0n) is 17.1. The number of aryl methyl sites for hydroxylation is 1. The van der Waals surface area contributed by atoms with Crippen molar-refractivity contribution in [2.45, 2.75) is 34.6 Å². The largest absolute Gasteiger partial charge is 0.497 e. The van der Waals surface area contributed by atoms with Crippen molar-refractivity contribution < 1.29 is 4.74 Å². The Balaban J connectivity index is 2.15. The van der Waals surface area contributed by atoms with E-state index in [2.05, 4.69) is 66.7 Å². The lowest BCUT2D eigenvalue weighted by atomic mass is 9.91. The van der Waals surface area contributed by atoms with Crippen LogP contribution >= 0.6 is 0 Å². The number of hydrogen-bond acceptors (Lipinski definition) is 5. The van der Waals surface area contributed by atoms with Crippen LogP contribution in [0.3, 0.4) is 0 Å². The van der Waals surface area contributed by atoms with E-state index in [1.165, 1.54) is 27.9 Å². The van der Waals surface area contributed by atoms with Crippen molar-refractivity contribution in [1.82, 2.24) is 15.0 Å². The van der Waals surface area contributed by atoms with Crippen molar-refractivity contribution in [2.75, 3.05) is 19.1 Å². The van der Waals surface area contributed by atoms with Crippen LogP contribution in [0.2, 0.25) is 0 Å². The Labute approximate surface area is 161 Å². The summed E-state index contributed by atoms with van der Waals surface area (Å²) in [6, 6.07) is 8.12. The molecule has 0 saturated heterocycles. The second kappa shape index (κ2) is 7.35. The summed E-state index contributed by atoms with van der Waals surface area (Å²) in [6.07, 6.45) is 1.58. The minimum absolute atomic E-state index is 0.730. The summed E-state index contributed by atoms with van der Waals surface area (Å²) in [4.78, 5) is 15.3. The summed E-state index contributed by atoms with van der Waals surface area (Å²) in [5, 5.41) is 0. The average molecular weight is 362 g/mol. The second-order valence-electron chi connectivity index (χ2n) is 6.84. The fraction of sp³-hybridized carbons (Fsp3) is 0.318. The van der Waals surface area contributed by atoms with Crippen LogP contribution in [0.4, 0.5) is 11.4 Å². The minimum Gasteiger partial charge on any atom is -0.497 e. The van der Waals surface area contributed by atoms with Gasteiger partial charge in [0.05, 0.1) is 7.11 Å². The van der Waals surface area contributed by atoms with Crippen LogP contribution in [0, 0.1) is 34.6 Å². The molecule has 0 aliphatic heterocycles. The minimum atomic E-state index is 0.730. The maximum absolute atomic E-state index is 5.28. The number of aromatic nitrogens is 3. The molecule has 3 rings (SSSR count). The molecule has 0 aliphatic carbocycles. The standard InChI is InChI=1S/C22H26N4O/c1-13-15(3)21(26(6)18-8-10-19(27-7)11-9-18)16(4)14(2)20(13)22-24-12-23-17(5)25-22/h8-12H,1-7H3. The zero-order chi connectivity index (χ0) is 19.7. The maximum atomic E-state index is 5.28. The van der Waals surface area contributed by atoms with Gasteiger partial charge < -0.3 is 9.64 Å². The van der Waals surface area contributed by atoms with Gasteiger partial charge in [0.15, 0.2) is 5.82 Å². The highest BCUT2D eigenvalue weighted by Gasteiger charge is 2.20. The first-order valence-corrected chi connectivity index (χ1v) is 8.99. The molecule has 5 heteroatoms. The van der Waals surface area contributed by atoms with Gasteiger partial charge in [-0.15, -0.1) is 0 Å². The molecule has 0 fully saturated rings. The highest BCUT2D eigenvalue weighted by molar-refractivity contribution is 5.79. The molecule has 0 spiro atoms. The van der Waals surface area contributed by atoms with E-state index in [-0.39, 0.29) is 0 Å². The Morgan fingerprint density at radius 1 is 0.815 bits per heavy atom. The Bertz CT molecular complexity index is 951. The third kappa shape index (κ3) is 3.37. The molecule has 5 nitrogen and oxygen atoms in total. The Hall–Kier alpha value is -2.95. The first-order chi connectivity index (χ1) is 12.8. The van der Waals surface area contributed by atoms with Gasteiger partial charge in [-0.05, 0) is 81.1 Å².